The molecule has 210 valence electrons. The molecule has 3 aromatic rings. The van der Waals surface area contributed by atoms with Crippen molar-refractivity contribution < 1.29 is 9.53 Å². The summed E-state index contributed by atoms with van der Waals surface area (Å²) in [6.07, 6.45) is 8.80. The van der Waals surface area contributed by atoms with Crippen LogP contribution in [-0.4, -0.2) is 78.7 Å². The lowest BCUT2D eigenvalue weighted by molar-refractivity contribution is 0.0775. The summed E-state index contributed by atoms with van der Waals surface area (Å²) < 4.78 is 6.22. The summed E-state index contributed by atoms with van der Waals surface area (Å²) in [6.45, 7) is 10.6. The Hall–Kier alpha value is -3.22. The predicted molar refractivity (Wildman–Crippen MR) is 163 cm³/mol. The summed E-state index contributed by atoms with van der Waals surface area (Å²) >= 11 is 0. The number of piperazine rings is 1. The van der Waals surface area contributed by atoms with Crippen LogP contribution in [0.25, 0.3) is 10.8 Å². The van der Waals surface area contributed by atoms with Gasteiger partial charge in [0.25, 0.3) is 5.91 Å². The number of benzene rings is 3. The predicted octanol–water partition coefficient (Wildman–Crippen LogP) is 6.23. The molecule has 2 fully saturated rings. The number of fused-ring (bicyclic) bond motifs is 3. The van der Waals surface area contributed by atoms with Gasteiger partial charge in [0.15, 0.2) is 0 Å². The maximum absolute atomic E-state index is 13.1. The van der Waals surface area contributed by atoms with E-state index in [1.54, 1.807) is 0 Å². The Morgan fingerprint density at radius 1 is 0.875 bits per heavy atom. The Bertz CT molecular complexity index is 1350. The molecule has 40 heavy (non-hydrogen) atoms. The van der Waals surface area contributed by atoms with Gasteiger partial charge in [-0.1, -0.05) is 43.2 Å². The third kappa shape index (κ3) is 6.24. The van der Waals surface area contributed by atoms with Crippen LogP contribution in [0.3, 0.4) is 0 Å². The highest BCUT2D eigenvalue weighted by Gasteiger charge is 2.31. The highest BCUT2D eigenvalue weighted by atomic mass is 16.5. The maximum atomic E-state index is 13.1. The zero-order chi connectivity index (χ0) is 27.3. The smallest absolute Gasteiger partial charge is 0.256 e. The van der Waals surface area contributed by atoms with E-state index in [-0.39, 0.29) is 11.9 Å². The second kappa shape index (κ2) is 12.5. The van der Waals surface area contributed by atoms with Crippen molar-refractivity contribution >= 4 is 28.6 Å². The lowest BCUT2D eigenvalue weighted by Gasteiger charge is -2.34. The summed E-state index contributed by atoms with van der Waals surface area (Å²) in [5, 5.41) is 2.15. The molecule has 3 aliphatic rings. The Morgan fingerprint density at radius 2 is 1.65 bits per heavy atom. The average Bonchev–Trinajstić information content (AvgIpc) is 3.41. The van der Waals surface area contributed by atoms with Crippen LogP contribution < -0.4 is 4.74 Å². The minimum atomic E-state index is 0.111. The van der Waals surface area contributed by atoms with Crippen LogP contribution in [0.2, 0.25) is 0 Å². The molecule has 0 bridgehead atoms. The van der Waals surface area contributed by atoms with Crippen molar-refractivity contribution in [1.29, 1.82) is 0 Å². The molecule has 3 aliphatic heterocycles. The SMILES string of the molecule is Cc1cc2cc3c(cc2cc1OCCCCCCN1CCN(Cc2ccccc2)CC1)N=C[C@@H]1CCCN1C3=O. The van der Waals surface area contributed by atoms with Crippen molar-refractivity contribution in [2.45, 2.75) is 58.0 Å². The number of rotatable bonds is 10. The van der Waals surface area contributed by atoms with Gasteiger partial charge in [-0.2, -0.15) is 0 Å². The van der Waals surface area contributed by atoms with Crippen LogP contribution in [0.4, 0.5) is 5.69 Å². The van der Waals surface area contributed by atoms with Gasteiger partial charge >= 0.3 is 0 Å². The molecule has 0 saturated carbocycles. The molecule has 3 heterocycles. The maximum Gasteiger partial charge on any atom is 0.256 e. The minimum absolute atomic E-state index is 0.111. The molecular weight excluding hydrogens is 496 g/mol. The normalized spacial score (nSPS) is 19.6. The third-order valence-electron chi connectivity index (χ3n) is 8.76. The highest BCUT2D eigenvalue weighted by molar-refractivity contribution is 6.06. The van der Waals surface area contributed by atoms with E-state index >= 15 is 0 Å². The van der Waals surface area contributed by atoms with Crippen LogP contribution in [0, 0.1) is 6.92 Å². The van der Waals surface area contributed by atoms with Crippen molar-refractivity contribution in [3.63, 3.8) is 0 Å². The summed E-state index contributed by atoms with van der Waals surface area (Å²) in [7, 11) is 0. The van der Waals surface area contributed by atoms with E-state index in [4.69, 9.17) is 9.73 Å². The average molecular weight is 539 g/mol. The van der Waals surface area contributed by atoms with Gasteiger partial charge in [-0.05, 0) is 85.3 Å². The molecule has 6 rings (SSSR count). The van der Waals surface area contributed by atoms with E-state index in [9.17, 15) is 4.79 Å². The molecule has 0 aliphatic carbocycles. The van der Waals surface area contributed by atoms with Crippen LogP contribution in [-0.2, 0) is 6.54 Å². The number of carbonyl (C=O) groups excluding carboxylic acids is 1. The Morgan fingerprint density at radius 3 is 2.50 bits per heavy atom. The number of amides is 1. The summed E-state index contributed by atoms with van der Waals surface area (Å²) in [6, 6.07) is 19.3. The first-order chi connectivity index (χ1) is 19.6. The Balaban J connectivity index is 0.930. The second-order valence-corrected chi connectivity index (χ2v) is 11.7. The Kier molecular flexibility index (Phi) is 8.45. The highest BCUT2D eigenvalue weighted by Crippen LogP contribution is 2.35. The lowest BCUT2D eigenvalue weighted by atomic mass is 10.0. The van der Waals surface area contributed by atoms with Crippen molar-refractivity contribution in [3.8, 4) is 5.75 Å². The minimum Gasteiger partial charge on any atom is -0.493 e. The van der Waals surface area contributed by atoms with Gasteiger partial charge in [-0.25, -0.2) is 0 Å². The number of hydrogen-bond acceptors (Lipinski definition) is 5. The van der Waals surface area contributed by atoms with E-state index in [1.165, 1.54) is 44.5 Å². The van der Waals surface area contributed by atoms with Gasteiger partial charge in [-0.3, -0.25) is 14.7 Å². The molecular formula is C34H42N4O2. The molecule has 0 aromatic heterocycles. The first kappa shape index (κ1) is 27.0. The third-order valence-corrected chi connectivity index (χ3v) is 8.76. The zero-order valence-electron chi connectivity index (χ0n) is 23.9. The van der Waals surface area contributed by atoms with Gasteiger partial charge in [0.05, 0.1) is 23.9 Å². The number of nitrogens with zero attached hydrogens (tertiary/aromatic N) is 4. The molecule has 0 N–H and O–H groups in total. The van der Waals surface area contributed by atoms with E-state index < -0.39 is 0 Å². The molecule has 0 unspecified atom stereocenters. The number of aryl methyl sites for hydroxylation is 1. The van der Waals surface area contributed by atoms with Crippen molar-refractivity contribution in [3.05, 3.63) is 71.3 Å². The number of ether oxygens (including phenoxy) is 1. The first-order valence-corrected chi connectivity index (χ1v) is 15.2. The fraction of sp³-hybridized carbons (Fsp3) is 0.471. The van der Waals surface area contributed by atoms with Crippen molar-refractivity contribution in [2.75, 3.05) is 45.9 Å². The fourth-order valence-corrected chi connectivity index (χ4v) is 6.37. The van der Waals surface area contributed by atoms with E-state index in [1.807, 2.05) is 17.2 Å². The van der Waals surface area contributed by atoms with Gasteiger partial charge < -0.3 is 14.5 Å². The van der Waals surface area contributed by atoms with E-state index in [2.05, 4.69) is 65.3 Å². The van der Waals surface area contributed by atoms with E-state index in [0.29, 0.717) is 0 Å². The van der Waals surface area contributed by atoms with Gasteiger partial charge in [0, 0.05) is 45.5 Å². The van der Waals surface area contributed by atoms with Crippen LogP contribution in [0.1, 0.15) is 60.0 Å². The van der Waals surface area contributed by atoms with Crippen molar-refractivity contribution in [2.24, 2.45) is 4.99 Å². The van der Waals surface area contributed by atoms with Gasteiger partial charge in [0.2, 0.25) is 0 Å². The summed E-state index contributed by atoms with van der Waals surface area (Å²) in [4.78, 5) is 25.0. The zero-order valence-corrected chi connectivity index (χ0v) is 23.9. The molecule has 1 atom stereocenters. The topological polar surface area (TPSA) is 48.4 Å². The molecule has 6 heteroatoms. The number of carbonyl (C=O) groups is 1. The van der Waals surface area contributed by atoms with Crippen LogP contribution >= 0.6 is 0 Å². The second-order valence-electron chi connectivity index (χ2n) is 11.7. The lowest BCUT2D eigenvalue weighted by Crippen LogP contribution is -2.46. The first-order valence-electron chi connectivity index (χ1n) is 15.2. The standard InChI is InChI=1S/C34H42N4O2/c1-26-20-28-21-31-32(35-24-30-12-9-14-38(30)34(31)39)22-29(28)23-33(26)40-19-8-3-2-7-13-36-15-17-37(18-16-36)25-27-10-5-4-6-11-27/h4-6,10-11,20-24,30H,2-3,7-9,12-19,25H2,1H3/t30-/m0/s1. The molecule has 1 amide bonds. The van der Waals surface area contributed by atoms with E-state index in [0.717, 1.165) is 85.4 Å². The number of hydrogen-bond donors (Lipinski definition) is 0. The largest absolute Gasteiger partial charge is 0.493 e. The molecule has 2 saturated heterocycles. The summed E-state index contributed by atoms with van der Waals surface area (Å²) in [5.41, 5.74) is 4.02. The molecule has 0 radical (unpaired) electrons. The monoisotopic (exact) mass is 538 g/mol. The van der Waals surface area contributed by atoms with Crippen LogP contribution in [0.5, 0.6) is 5.75 Å². The fourth-order valence-electron chi connectivity index (χ4n) is 6.37. The Labute approximate surface area is 238 Å². The number of aliphatic imine (C=N–C) groups is 1. The van der Waals surface area contributed by atoms with Gasteiger partial charge in [0.1, 0.15) is 5.75 Å². The molecule has 0 spiro atoms. The number of unbranched alkanes of at least 4 members (excludes halogenated alkanes) is 3. The summed E-state index contributed by atoms with van der Waals surface area (Å²) in [5.74, 6) is 1.05. The van der Waals surface area contributed by atoms with Gasteiger partial charge in [-0.15, -0.1) is 0 Å². The molecule has 3 aromatic carbocycles. The quantitative estimate of drug-likeness (QED) is 0.287. The van der Waals surface area contributed by atoms with Crippen LogP contribution in [0.15, 0.2) is 59.6 Å². The molecule has 6 nitrogen and oxygen atoms in total. The van der Waals surface area contributed by atoms with Crippen molar-refractivity contribution in [1.82, 2.24) is 14.7 Å².